The molecule has 0 radical (unpaired) electrons. The Hall–Kier alpha value is -0.130. The molecule has 260 valence electrons. The van der Waals surface area contributed by atoms with Crippen molar-refractivity contribution in [1.82, 2.24) is 0 Å². The molecule has 43 heavy (non-hydrogen) atoms. The van der Waals surface area contributed by atoms with Crippen LogP contribution in [-0.4, -0.2) is 22.1 Å². The lowest BCUT2D eigenvalue weighted by Gasteiger charge is -2.17. The van der Waals surface area contributed by atoms with Gasteiger partial charge >= 0.3 is 10.4 Å². The molecule has 0 saturated heterocycles. The molecular formula is C38H78O4S. The predicted molar refractivity (Wildman–Crippen MR) is 189 cm³/mol. The van der Waals surface area contributed by atoms with Crippen LogP contribution >= 0.6 is 0 Å². The van der Waals surface area contributed by atoms with Gasteiger partial charge in [-0.15, -0.1) is 0 Å². The summed E-state index contributed by atoms with van der Waals surface area (Å²) in [6.45, 7) is 4.82. The molecule has 0 N–H and O–H groups in total. The molecule has 4 nitrogen and oxygen atoms in total. The monoisotopic (exact) mass is 631 g/mol. The zero-order valence-corrected chi connectivity index (χ0v) is 30.5. The van der Waals surface area contributed by atoms with Crippen LogP contribution in [-0.2, 0) is 18.8 Å². The first-order valence-corrected chi connectivity index (χ1v) is 20.8. The van der Waals surface area contributed by atoms with E-state index in [1.807, 2.05) is 0 Å². The Morgan fingerprint density at radius 1 is 0.395 bits per heavy atom. The molecular weight excluding hydrogens is 552 g/mol. The normalized spacial score (nSPS) is 12.1. The molecule has 0 aromatic rings. The lowest BCUT2D eigenvalue weighted by Crippen LogP contribution is -2.09. The van der Waals surface area contributed by atoms with Crippen LogP contribution in [0.4, 0.5) is 0 Å². The molecule has 0 spiro atoms. The fourth-order valence-electron chi connectivity index (χ4n) is 6.43. The molecule has 0 aromatic carbocycles. The summed E-state index contributed by atoms with van der Waals surface area (Å²) >= 11 is 0. The molecule has 0 heterocycles. The van der Waals surface area contributed by atoms with Crippen molar-refractivity contribution in [1.29, 1.82) is 0 Å². The molecule has 0 saturated carbocycles. The van der Waals surface area contributed by atoms with Crippen LogP contribution in [0.25, 0.3) is 0 Å². The highest BCUT2D eigenvalue weighted by atomic mass is 32.3. The van der Waals surface area contributed by atoms with Gasteiger partial charge in [-0.25, -0.2) is 4.18 Å². The number of rotatable bonds is 37. The average Bonchev–Trinajstić information content (AvgIpc) is 3.00. The van der Waals surface area contributed by atoms with Crippen molar-refractivity contribution >= 4 is 10.4 Å². The van der Waals surface area contributed by atoms with E-state index in [2.05, 4.69) is 18.0 Å². The van der Waals surface area contributed by atoms with Crippen LogP contribution < -0.4 is 0 Å². The number of hydrogen-bond donors (Lipinski definition) is 0. The van der Waals surface area contributed by atoms with Crippen LogP contribution in [0.3, 0.4) is 0 Å². The van der Waals surface area contributed by atoms with Gasteiger partial charge in [-0.3, -0.25) is 4.18 Å². The minimum atomic E-state index is -3.79. The lowest BCUT2D eigenvalue weighted by atomic mass is 9.90. The maximum Gasteiger partial charge on any atom is 0.399 e. The third kappa shape index (κ3) is 34.6. The Labute approximate surface area is 272 Å². The Bertz CT molecular complexity index is 589. The second kappa shape index (κ2) is 34.7. The summed E-state index contributed by atoms with van der Waals surface area (Å²) in [6, 6.07) is 0. The van der Waals surface area contributed by atoms with E-state index < -0.39 is 10.4 Å². The van der Waals surface area contributed by atoms with Gasteiger partial charge in [-0.2, -0.15) is 8.42 Å². The van der Waals surface area contributed by atoms with Crippen molar-refractivity contribution in [3.8, 4) is 0 Å². The molecule has 5 heteroatoms. The van der Waals surface area contributed by atoms with E-state index in [4.69, 9.17) is 4.18 Å². The standard InChI is InChI=1S/C38H78O4S/c1-4-6-8-10-12-14-16-18-20-22-24-26-28-30-34-38(36-32-33-37-42-43(39,40)41-3)35-31-29-27-25-23-21-19-17-15-13-11-9-7-5-2/h38H,4-37H2,1-3H3. The van der Waals surface area contributed by atoms with Gasteiger partial charge < -0.3 is 0 Å². The van der Waals surface area contributed by atoms with E-state index in [0.29, 0.717) is 0 Å². The SMILES string of the molecule is CCCCCCCCCCCCCCCCC(CCCCCCCCCCCCCCCC)CCCCOS(=O)(=O)OC. The Balaban J connectivity index is 3.90. The van der Waals surface area contributed by atoms with Crippen molar-refractivity contribution < 1.29 is 16.8 Å². The van der Waals surface area contributed by atoms with Crippen molar-refractivity contribution in [3.63, 3.8) is 0 Å². The van der Waals surface area contributed by atoms with Gasteiger partial charge in [0.05, 0.1) is 13.7 Å². The van der Waals surface area contributed by atoms with E-state index in [9.17, 15) is 8.42 Å². The Kier molecular flexibility index (Phi) is 34.6. The van der Waals surface area contributed by atoms with Gasteiger partial charge in [0, 0.05) is 0 Å². The summed E-state index contributed by atoms with van der Waals surface area (Å²) in [6.07, 6.45) is 45.3. The fourth-order valence-corrected chi connectivity index (χ4v) is 6.85. The highest BCUT2D eigenvalue weighted by molar-refractivity contribution is 7.81. The Morgan fingerprint density at radius 3 is 0.930 bits per heavy atom. The van der Waals surface area contributed by atoms with Crippen LogP contribution in [0.5, 0.6) is 0 Å². The van der Waals surface area contributed by atoms with Gasteiger partial charge in [0.25, 0.3) is 0 Å². The average molecular weight is 631 g/mol. The predicted octanol–water partition coefficient (Wildman–Crippen LogP) is 13.4. The smallest absolute Gasteiger partial charge is 0.252 e. The van der Waals surface area contributed by atoms with Crippen molar-refractivity contribution in [3.05, 3.63) is 0 Å². The van der Waals surface area contributed by atoms with E-state index in [1.165, 1.54) is 199 Å². The molecule has 0 aliphatic rings. The molecule has 0 bridgehead atoms. The first-order valence-electron chi connectivity index (χ1n) is 19.5. The third-order valence-corrected chi connectivity index (χ3v) is 10.2. The fraction of sp³-hybridized carbons (Fsp3) is 1.00. The topological polar surface area (TPSA) is 52.6 Å². The molecule has 0 aromatic heterocycles. The van der Waals surface area contributed by atoms with Gasteiger partial charge in [-0.1, -0.05) is 219 Å². The van der Waals surface area contributed by atoms with Crippen molar-refractivity contribution in [2.24, 2.45) is 5.92 Å². The number of hydrogen-bond acceptors (Lipinski definition) is 4. The molecule has 0 aliphatic carbocycles. The summed E-state index contributed by atoms with van der Waals surface area (Å²) in [5.74, 6) is 0.786. The quantitative estimate of drug-likeness (QED) is 0.0641. The first-order chi connectivity index (χ1) is 21.1. The van der Waals surface area contributed by atoms with E-state index >= 15 is 0 Å². The molecule has 0 unspecified atom stereocenters. The van der Waals surface area contributed by atoms with Crippen LogP contribution in [0, 0.1) is 5.92 Å². The third-order valence-electron chi connectivity index (χ3n) is 9.37. The summed E-state index contributed by atoms with van der Waals surface area (Å²) < 4.78 is 32.0. The maximum atomic E-state index is 11.4. The molecule has 0 fully saturated rings. The summed E-state index contributed by atoms with van der Waals surface area (Å²) in [5.41, 5.74) is 0. The van der Waals surface area contributed by atoms with E-state index in [1.54, 1.807) is 0 Å². The van der Waals surface area contributed by atoms with Crippen molar-refractivity contribution in [2.75, 3.05) is 13.7 Å². The first kappa shape index (κ1) is 42.9. The number of unbranched alkanes of at least 4 members (excludes halogenated alkanes) is 27. The van der Waals surface area contributed by atoms with Crippen LogP contribution in [0.1, 0.15) is 226 Å². The van der Waals surface area contributed by atoms with Crippen molar-refractivity contribution in [2.45, 2.75) is 226 Å². The maximum absolute atomic E-state index is 11.4. The van der Waals surface area contributed by atoms with Crippen LogP contribution in [0.2, 0.25) is 0 Å². The summed E-state index contributed by atoms with van der Waals surface area (Å²) in [7, 11) is -2.64. The molecule has 0 atom stereocenters. The highest BCUT2D eigenvalue weighted by Crippen LogP contribution is 2.24. The highest BCUT2D eigenvalue weighted by Gasteiger charge is 2.11. The summed E-state index contributed by atoms with van der Waals surface area (Å²) in [5, 5.41) is 0. The largest absolute Gasteiger partial charge is 0.399 e. The van der Waals surface area contributed by atoms with Crippen LogP contribution in [0.15, 0.2) is 0 Å². The van der Waals surface area contributed by atoms with Gasteiger partial charge in [0.2, 0.25) is 0 Å². The minimum absolute atomic E-state index is 0.237. The second-order valence-electron chi connectivity index (χ2n) is 13.5. The van der Waals surface area contributed by atoms with E-state index in [0.717, 1.165) is 25.9 Å². The molecule has 0 rings (SSSR count). The lowest BCUT2D eigenvalue weighted by molar-refractivity contribution is 0.235. The molecule has 0 aliphatic heterocycles. The van der Waals surface area contributed by atoms with Gasteiger partial charge in [0.15, 0.2) is 0 Å². The van der Waals surface area contributed by atoms with Gasteiger partial charge in [0.1, 0.15) is 0 Å². The summed E-state index contributed by atoms with van der Waals surface area (Å²) in [4.78, 5) is 0. The van der Waals surface area contributed by atoms with E-state index in [-0.39, 0.29) is 6.61 Å². The second-order valence-corrected chi connectivity index (χ2v) is 14.9. The minimum Gasteiger partial charge on any atom is -0.252 e. The van der Waals surface area contributed by atoms with Gasteiger partial charge in [-0.05, 0) is 12.3 Å². The zero-order valence-electron chi connectivity index (χ0n) is 29.7. The Morgan fingerprint density at radius 2 is 0.651 bits per heavy atom. The zero-order chi connectivity index (χ0) is 31.5. The molecule has 0 amide bonds.